The highest BCUT2D eigenvalue weighted by Gasteiger charge is 2.40. The summed E-state index contributed by atoms with van der Waals surface area (Å²) in [5, 5.41) is 9.67. The van der Waals surface area contributed by atoms with Crippen molar-refractivity contribution in [3.8, 4) is 0 Å². The predicted octanol–water partition coefficient (Wildman–Crippen LogP) is 5.97. The van der Waals surface area contributed by atoms with Gasteiger partial charge in [-0.2, -0.15) is 13.2 Å². The molecule has 12 heteroatoms. The van der Waals surface area contributed by atoms with Gasteiger partial charge >= 0.3 is 12.1 Å². The number of benzene rings is 3. The third-order valence-electron chi connectivity index (χ3n) is 6.77. The lowest BCUT2D eigenvalue weighted by atomic mass is 9.96. The fourth-order valence-electron chi connectivity index (χ4n) is 4.91. The number of fused-ring (bicyclic) bond motifs is 1. The molecule has 1 saturated heterocycles. The molecule has 1 fully saturated rings. The van der Waals surface area contributed by atoms with Gasteiger partial charge < -0.3 is 19.8 Å². The van der Waals surface area contributed by atoms with Crippen LogP contribution in [0.2, 0.25) is 0 Å². The van der Waals surface area contributed by atoms with Crippen LogP contribution >= 0.6 is 0 Å². The Morgan fingerprint density at radius 3 is 2.21 bits per heavy atom. The molecule has 0 amide bonds. The van der Waals surface area contributed by atoms with E-state index >= 15 is 4.39 Å². The first kappa shape index (κ1) is 26.4. The summed E-state index contributed by atoms with van der Waals surface area (Å²) in [7, 11) is 0. The SMILES string of the molecule is O=C(O)CC1c2cccc(F)c2N=C(N2CCN(c3ccc(F)cc3)CC2)N1c1cc(C(F)(F)F)ccc1F. The van der Waals surface area contributed by atoms with Crippen molar-refractivity contribution in [2.24, 2.45) is 4.99 Å². The smallest absolute Gasteiger partial charge is 0.416 e. The Morgan fingerprint density at radius 2 is 1.56 bits per heavy atom. The first-order chi connectivity index (χ1) is 18.5. The van der Waals surface area contributed by atoms with E-state index in [1.165, 1.54) is 24.3 Å². The molecule has 3 aromatic rings. The lowest BCUT2D eigenvalue weighted by Gasteiger charge is -2.45. The Labute approximate surface area is 219 Å². The van der Waals surface area contributed by atoms with Crippen LogP contribution in [-0.4, -0.2) is 48.1 Å². The van der Waals surface area contributed by atoms with Crippen LogP contribution in [0.3, 0.4) is 0 Å². The number of guanidine groups is 1. The number of alkyl halides is 3. The molecule has 1 N–H and O–H groups in total. The maximum absolute atomic E-state index is 15.2. The Morgan fingerprint density at radius 1 is 0.897 bits per heavy atom. The van der Waals surface area contributed by atoms with Gasteiger partial charge in [-0.25, -0.2) is 18.2 Å². The number of hydrogen-bond acceptors (Lipinski definition) is 5. The number of piperazine rings is 1. The Balaban J connectivity index is 1.59. The van der Waals surface area contributed by atoms with E-state index in [1.807, 2.05) is 4.90 Å². The molecular formula is C27H22F6N4O2. The molecule has 2 aliphatic heterocycles. The quantitative estimate of drug-likeness (QED) is 0.408. The van der Waals surface area contributed by atoms with E-state index in [4.69, 9.17) is 0 Å². The van der Waals surface area contributed by atoms with Crippen molar-refractivity contribution in [2.75, 3.05) is 36.0 Å². The van der Waals surface area contributed by atoms with Gasteiger partial charge in [0.25, 0.3) is 0 Å². The number of hydrogen-bond donors (Lipinski definition) is 1. The molecule has 2 aliphatic rings. The normalized spacial score (nSPS) is 17.6. The number of rotatable bonds is 4. The maximum atomic E-state index is 15.2. The zero-order valence-corrected chi connectivity index (χ0v) is 20.3. The number of carbonyl (C=O) groups is 1. The zero-order valence-electron chi connectivity index (χ0n) is 20.3. The van der Waals surface area contributed by atoms with Crippen molar-refractivity contribution >= 4 is 29.0 Å². The fraction of sp³-hybridized carbons (Fsp3) is 0.259. The first-order valence-electron chi connectivity index (χ1n) is 12.0. The van der Waals surface area contributed by atoms with Gasteiger partial charge in [-0.3, -0.25) is 4.79 Å². The molecule has 39 heavy (non-hydrogen) atoms. The predicted molar refractivity (Wildman–Crippen MR) is 133 cm³/mol. The van der Waals surface area contributed by atoms with Gasteiger partial charge in [0, 0.05) is 37.4 Å². The minimum Gasteiger partial charge on any atom is -0.481 e. The number of halogens is 6. The topological polar surface area (TPSA) is 59.4 Å². The van der Waals surface area contributed by atoms with Crippen molar-refractivity contribution < 1.29 is 36.2 Å². The zero-order chi connectivity index (χ0) is 27.9. The van der Waals surface area contributed by atoms with Crippen molar-refractivity contribution in [3.63, 3.8) is 0 Å². The first-order valence-corrected chi connectivity index (χ1v) is 12.0. The molecule has 6 nitrogen and oxygen atoms in total. The van der Waals surface area contributed by atoms with Crippen LogP contribution in [0, 0.1) is 17.5 Å². The van der Waals surface area contributed by atoms with Crippen LogP contribution in [-0.2, 0) is 11.0 Å². The summed E-state index contributed by atoms with van der Waals surface area (Å²) in [5.74, 6) is -3.52. The number of aliphatic carboxylic acids is 1. The van der Waals surface area contributed by atoms with Crippen molar-refractivity contribution in [2.45, 2.75) is 18.6 Å². The summed E-state index contributed by atoms with van der Waals surface area (Å²) in [4.78, 5) is 21.0. The van der Waals surface area contributed by atoms with Crippen LogP contribution in [0.5, 0.6) is 0 Å². The number of anilines is 2. The van der Waals surface area contributed by atoms with Crippen molar-refractivity contribution in [1.29, 1.82) is 0 Å². The number of carboxylic acids is 1. The summed E-state index contributed by atoms with van der Waals surface area (Å²) in [6.45, 7) is 1.27. The molecule has 0 radical (unpaired) electrons. The van der Waals surface area contributed by atoms with Crippen molar-refractivity contribution in [3.05, 3.63) is 89.2 Å². The summed E-state index contributed by atoms with van der Waals surface area (Å²) < 4.78 is 84.3. The summed E-state index contributed by atoms with van der Waals surface area (Å²) in [6, 6.07) is 10.4. The number of nitrogens with zero attached hydrogens (tertiary/aromatic N) is 4. The summed E-state index contributed by atoms with van der Waals surface area (Å²) in [6.07, 6.45) is -5.44. The Bertz CT molecular complexity index is 1420. The monoisotopic (exact) mass is 548 g/mol. The molecule has 1 atom stereocenters. The Kier molecular flexibility index (Phi) is 6.87. The van der Waals surface area contributed by atoms with Crippen LogP contribution in [0.4, 0.5) is 43.4 Å². The average molecular weight is 548 g/mol. The van der Waals surface area contributed by atoms with E-state index in [9.17, 15) is 31.9 Å². The number of carboxylic acid groups (broad SMARTS) is 1. The number of aliphatic imine (C=N–C) groups is 1. The van der Waals surface area contributed by atoms with E-state index in [2.05, 4.69) is 4.99 Å². The molecule has 0 bridgehead atoms. The van der Waals surface area contributed by atoms with Crippen LogP contribution in [0.15, 0.2) is 65.7 Å². The minimum absolute atomic E-state index is 0.0594. The highest BCUT2D eigenvalue weighted by Crippen LogP contribution is 2.44. The van der Waals surface area contributed by atoms with Gasteiger partial charge in [0.15, 0.2) is 0 Å². The maximum Gasteiger partial charge on any atom is 0.416 e. The Hall–Kier alpha value is -4.22. The molecule has 0 aromatic heterocycles. The van der Waals surface area contributed by atoms with Gasteiger partial charge in [-0.1, -0.05) is 12.1 Å². The number of para-hydroxylation sites is 1. The molecule has 2 heterocycles. The minimum atomic E-state index is -4.79. The molecule has 1 unspecified atom stereocenters. The molecule has 5 rings (SSSR count). The molecule has 0 spiro atoms. The van der Waals surface area contributed by atoms with E-state index in [0.29, 0.717) is 31.3 Å². The average Bonchev–Trinajstić information content (AvgIpc) is 2.89. The highest BCUT2D eigenvalue weighted by atomic mass is 19.4. The van der Waals surface area contributed by atoms with Gasteiger partial charge in [0.2, 0.25) is 5.96 Å². The van der Waals surface area contributed by atoms with Gasteiger partial charge in [-0.15, -0.1) is 0 Å². The molecule has 3 aromatic carbocycles. The van der Waals surface area contributed by atoms with Crippen LogP contribution in [0.25, 0.3) is 0 Å². The molecule has 0 aliphatic carbocycles. The summed E-state index contributed by atoms with van der Waals surface area (Å²) >= 11 is 0. The van der Waals surface area contributed by atoms with Crippen LogP contribution in [0.1, 0.15) is 23.6 Å². The van der Waals surface area contributed by atoms with E-state index in [1.54, 1.807) is 17.0 Å². The third kappa shape index (κ3) is 5.23. The largest absolute Gasteiger partial charge is 0.481 e. The van der Waals surface area contributed by atoms with Gasteiger partial charge in [0.1, 0.15) is 23.1 Å². The van der Waals surface area contributed by atoms with Crippen molar-refractivity contribution in [1.82, 2.24) is 4.90 Å². The second-order valence-corrected chi connectivity index (χ2v) is 9.19. The van der Waals surface area contributed by atoms with Gasteiger partial charge in [-0.05, 0) is 48.5 Å². The molecule has 0 saturated carbocycles. The van der Waals surface area contributed by atoms with Crippen LogP contribution < -0.4 is 9.80 Å². The second-order valence-electron chi connectivity index (χ2n) is 9.19. The summed E-state index contributed by atoms with van der Waals surface area (Å²) in [5.41, 5.74) is -0.932. The second kappa shape index (κ2) is 10.2. The lowest BCUT2D eigenvalue weighted by Crippen LogP contribution is -2.55. The standard InChI is InChI=1S/C27H22F6N4O2/c28-17-5-7-18(8-6-17)35-10-12-36(13-11-35)26-34-25-19(2-1-3-21(25)30)22(15-24(38)39)37(26)23-14-16(27(31,32)33)4-9-20(23)29/h1-9,14,22H,10-13,15H2,(H,38,39). The van der Waals surface area contributed by atoms with E-state index in [0.717, 1.165) is 16.7 Å². The molecule has 204 valence electrons. The third-order valence-corrected chi connectivity index (χ3v) is 6.77. The highest BCUT2D eigenvalue weighted by molar-refractivity contribution is 6.01. The van der Waals surface area contributed by atoms with Gasteiger partial charge in [0.05, 0.1) is 23.7 Å². The van der Waals surface area contributed by atoms with E-state index in [-0.39, 0.29) is 30.3 Å². The molecular weight excluding hydrogens is 526 g/mol. The van der Waals surface area contributed by atoms with E-state index < -0.39 is 53.3 Å². The lowest BCUT2D eigenvalue weighted by molar-refractivity contribution is -0.138. The fourth-order valence-corrected chi connectivity index (χ4v) is 4.91.